The lowest BCUT2D eigenvalue weighted by Crippen LogP contribution is -2.27. The molecule has 9 heteroatoms. The average Bonchev–Trinajstić information content (AvgIpc) is 3.31. The number of nitrogens with zero attached hydrogens (tertiary/aromatic N) is 5. The van der Waals surface area contributed by atoms with Crippen molar-refractivity contribution in [1.29, 1.82) is 0 Å². The van der Waals surface area contributed by atoms with Crippen LogP contribution >= 0.6 is 23.2 Å². The Morgan fingerprint density at radius 3 is 2.71 bits per heavy atom. The van der Waals surface area contributed by atoms with Gasteiger partial charge in [0.15, 0.2) is 0 Å². The number of nitrogens with two attached hydrogens (primary N) is 1. The Morgan fingerprint density at radius 2 is 2.00 bits per heavy atom. The molecule has 0 radical (unpaired) electrons. The van der Waals surface area contributed by atoms with Gasteiger partial charge in [-0.1, -0.05) is 41.4 Å². The largest absolute Gasteiger partial charge is 0.383 e. The minimum Gasteiger partial charge on any atom is -0.383 e. The molecule has 1 fully saturated rings. The van der Waals surface area contributed by atoms with E-state index >= 15 is 0 Å². The van der Waals surface area contributed by atoms with Crippen LogP contribution in [0, 0.1) is 0 Å². The van der Waals surface area contributed by atoms with Crippen molar-refractivity contribution in [3.8, 4) is 11.1 Å². The van der Waals surface area contributed by atoms with E-state index in [-0.39, 0.29) is 11.9 Å². The molecule has 4 rings (SSSR count). The van der Waals surface area contributed by atoms with Gasteiger partial charge in [0.25, 0.3) is 0 Å². The molecule has 3 heterocycles. The van der Waals surface area contributed by atoms with Gasteiger partial charge in [-0.05, 0) is 38.2 Å². The smallest absolute Gasteiger partial charge is 0.246 e. The summed E-state index contributed by atoms with van der Waals surface area (Å²) in [6.45, 7) is 1.93. The highest BCUT2D eigenvalue weighted by Crippen LogP contribution is 2.42. The lowest BCUT2D eigenvalue weighted by Gasteiger charge is -2.17. The SMILES string of the molecule is CN(C)C/C=C/C(=O)N1CCC(n2c(Cl)c(-c3ccc(Cl)cc3)c3c(N)ncnc32)C1. The Bertz CT molecular complexity index is 1140. The lowest BCUT2D eigenvalue weighted by molar-refractivity contribution is -0.125. The van der Waals surface area contributed by atoms with Crippen LogP contribution in [-0.4, -0.2) is 64.0 Å². The summed E-state index contributed by atoms with van der Waals surface area (Å²) < 4.78 is 1.98. The summed E-state index contributed by atoms with van der Waals surface area (Å²) in [5, 5.41) is 1.89. The number of amides is 1. The normalized spacial score (nSPS) is 16.8. The third-order valence-corrected chi connectivity index (χ3v) is 6.08. The molecule has 3 aromatic rings. The molecular formula is C22H24Cl2N6O. The Morgan fingerprint density at radius 1 is 1.26 bits per heavy atom. The molecule has 1 atom stereocenters. The number of likely N-dealkylation sites (tertiary alicyclic amines) is 1. The summed E-state index contributed by atoms with van der Waals surface area (Å²) in [7, 11) is 3.93. The van der Waals surface area contributed by atoms with Crippen LogP contribution in [0.15, 0.2) is 42.7 Å². The second-order valence-corrected chi connectivity index (χ2v) is 8.69. The van der Waals surface area contributed by atoms with Crippen LogP contribution < -0.4 is 5.73 Å². The molecule has 7 nitrogen and oxygen atoms in total. The van der Waals surface area contributed by atoms with Crippen molar-refractivity contribution in [1.82, 2.24) is 24.3 Å². The average molecular weight is 459 g/mol. The number of aromatic nitrogens is 3. The van der Waals surface area contributed by atoms with E-state index in [1.54, 1.807) is 6.08 Å². The van der Waals surface area contributed by atoms with Gasteiger partial charge < -0.3 is 20.1 Å². The van der Waals surface area contributed by atoms with Gasteiger partial charge in [0, 0.05) is 36.3 Å². The number of fused-ring (bicyclic) bond motifs is 1. The van der Waals surface area contributed by atoms with E-state index in [4.69, 9.17) is 28.9 Å². The van der Waals surface area contributed by atoms with Gasteiger partial charge in [-0.25, -0.2) is 9.97 Å². The number of benzene rings is 1. The quantitative estimate of drug-likeness (QED) is 0.586. The van der Waals surface area contributed by atoms with Crippen molar-refractivity contribution in [2.24, 2.45) is 0 Å². The molecule has 0 bridgehead atoms. The second-order valence-electron chi connectivity index (χ2n) is 7.89. The minimum absolute atomic E-state index is 0.00320. The van der Waals surface area contributed by atoms with Crippen LogP contribution in [0.5, 0.6) is 0 Å². The zero-order valence-corrected chi connectivity index (χ0v) is 18.9. The highest BCUT2D eigenvalue weighted by molar-refractivity contribution is 6.35. The number of carbonyl (C=O) groups excluding carboxylic acids is 1. The molecule has 31 heavy (non-hydrogen) atoms. The predicted molar refractivity (Wildman–Crippen MR) is 125 cm³/mol. The monoisotopic (exact) mass is 458 g/mol. The van der Waals surface area contributed by atoms with Gasteiger partial charge in [-0.3, -0.25) is 4.79 Å². The maximum atomic E-state index is 12.6. The summed E-state index contributed by atoms with van der Waals surface area (Å²) in [6.07, 6.45) is 5.73. The van der Waals surface area contributed by atoms with Crippen molar-refractivity contribution >= 4 is 46.0 Å². The van der Waals surface area contributed by atoms with E-state index < -0.39 is 0 Å². The zero-order chi connectivity index (χ0) is 22.1. The van der Waals surface area contributed by atoms with E-state index in [1.165, 1.54) is 6.33 Å². The standard InChI is InChI=1S/C22H24Cl2N6O/c1-28(2)10-3-4-17(31)29-11-9-16(12-29)30-20(24)18(14-5-7-15(23)8-6-14)19-21(25)26-13-27-22(19)30/h3-8,13,16H,9-12H2,1-2H3,(H2,25,26,27)/b4-3+. The Kier molecular flexibility index (Phi) is 6.18. The fraction of sp³-hybridized carbons (Fsp3) is 0.318. The number of halogens is 2. The van der Waals surface area contributed by atoms with Crippen molar-refractivity contribution in [3.63, 3.8) is 0 Å². The molecule has 1 aliphatic rings. The number of likely N-dealkylation sites (N-methyl/N-ethyl adjacent to an activating group) is 1. The highest BCUT2D eigenvalue weighted by atomic mass is 35.5. The van der Waals surface area contributed by atoms with Gasteiger partial charge in [0.1, 0.15) is 22.9 Å². The number of carbonyl (C=O) groups is 1. The van der Waals surface area contributed by atoms with Gasteiger partial charge in [0.2, 0.25) is 5.91 Å². The molecule has 1 unspecified atom stereocenters. The predicted octanol–water partition coefficient (Wildman–Crippen LogP) is 3.88. The third kappa shape index (κ3) is 4.26. The van der Waals surface area contributed by atoms with Crippen LogP contribution in [-0.2, 0) is 4.79 Å². The van der Waals surface area contributed by atoms with Gasteiger partial charge >= 0.3 is 0 Å². The Hall–Kier alpha value is -2.61. The topological polar surface area (TPSA) is 80.3 Å². The van der Waals surface area contributed by atoms with Crippen LogP contribution in [0.2, 0.25) is 10.2 Å². The molecule has 2 aromatic heterocycles. The van der Waals surface area contributed by atoms with Crippen LogP contribution in [0.4, 0.5) is 5.82 Å². The minimum atomic E-state index is -0.00320. The van der Waals surface area contributed by atoms with Gasteiger partial charge in [-0.15, -0.1) is 0 Å². The molecule has 0 saturated carbocycles. The molecule has 1 aromatic carbocycles. The molecule has 0 spiro atoms. The second kappa shape index (κ2) is 8.86. The molecule has 1 amide bonds. The Labute approximate surface area is 191 Å². The molecule has 1 aliphatic heterocycles. The van der Waals surface area contributed by atoms with E-state index in [0.29, 0.717) is 40.1 Å². The van der Waals surface area contributed by atoms with Crippen LogP contribution in [0.3, 0.4) is 0 Å². The lowest BCUT2D eigenvalue weighted by atomic mass is 10.1. The zero-order valence-electron chi connectivity index (χ0n) is 17.4. The fourth-order valence-electron chi connectivity index (χ4n) is 3.96. The van der Waals surface area contributed by atoms with E-state index in [9.17, 15) is 4.79 Å². The van der Waals surface area contributed by atoms with E-state index in [0.717, 1.165) is 24.1 Å². The summed E-state index contributed by atoms with van der Waals surface area (Å²) in [6, 6.07) is 7.43. The third-order valence-electron chi connectivity index (χ3n) is 5.46. The number of nitrogen functional groups attached to an aromatic ring is 1. The summed E-state index contributed by atoms with van der Waals surface area (Å²) >= 11 is 13.0. The first kappa shape index (κ1) is 21.6. The van der Waals surface area contributed by atoms with Gasteiger partial charge in [0.05, 0.1) is 11.4 Å². The van der Waals surface area contributed by atoms with E-state index in [2.05, 4.69) is 9.97 Å². The molecule has 2 N–H and O–H groups in total. The Balaban J connectivity index is 1.70. The van der Waals surface area contributed by atoms with Crippen molar-refractivity contribution in [2.45, 2.75) is 12.5 Å². The van der Waals surface area contributed by atoms with Crippen molar-refractivity contribution in [3.05, 3.63) is 52.9 Å². The number of hydrogen-bond acceptors (Lipinski definition) is 5. The number of hydrogen-bond donors (Lipinski definition) is 1. The fourth-order valence-corrected chi connectivity index (χ4v) is 4.51. The number of rotatable bonds is 5. The summed E-state index contributed by atoms with van der Waals surface area (Å²) in [5.74, 6) is 0.372. The van der Waals surface area contributed by atoms with Crippen molar-refractivity contribution < 1.29 is 4.79 Å². The molecular weight excluding hydrogens is 435 g/mol. The molecule has 1 saturated heterocycles. The maximum Gasteiger partial charge on any atom is 0.246 e. The molecule has 0 aliphatic carbocycles. The summed E-state index contributed by atoms with van der Waals surface area (Å²) in [5.41, 5.74) is 8.57. The van der Waals surface area contributed by atoms with E-state index in [1.807, 2.05) is 58.8 Å². The maximum absolute atomic E-state index is 12.6. The first-order valence-corrected chi connectivity index (χ1v) is 10.8. The highest BCUT2D eigenvalue weighted by Gasteiger charge is 2.31. The van der Waals surface area contributed by atoms with Crippen LogP contribution in [0.1, 0.15) is 12.5 Å². The number of anilines is 1. The van der Waals surface area contributed by atoms with Crippen molar-refractivity contribution in [2.75, 3.05) is 39.5 Å². The first-order valence-electron chi connectivity index (χ1n) is 10.0. The first-order chi connectivity index (χ1) is 14.9. The van der Waals surface area contributed by atoms with Crippen LogP contribution in [0.25, 0.3) is 22.2 Å². The van der Waals surface area contributed by atoms with Gasteiger partial charge in [-0.2, -0.15) is 0 Å². The summed E-state index contributed by atoms with van der Waals surface area (Å²) in [4.78, 5) is 25.1. The molecule has 162 valence electrons.